The Kier molecular flexibility index (Phi) is 11.9. The minimum atomic E-state index is -0.617. The number of rotatable bonds is 9. The third-order valence-corrected chi connectivity index (χ3v) is 4.96. The highest BCUT2D eigenvalue weighted by molar-refractivity contribution is 14.1. The summed E-state index contributed by atoms with van der Waals surface area (Å²) in [6.07, 6.45) is 2.87. The smallest absolute Gasteiger partial charge is 0.271 e. The molecule has 0 fully saturated rings. The lowest BCUT2D eigenvalue weighted by Gasteiger charge is -2.20. The minimum absolute atomic E-state index is 0. The molecule has 7 nitrogen and oxygen atoms in total. The number of fused-ring (bicyclic) bond motifs is 1. The van der Waals surface area contributed by atoms with Crippen LogP contribution in [0.25, 0.3) is 11.0 Å². The molecule has 1 amide bonds. The SMILES string of the molecule is CCN(CCNC(=O)c1cnc2cc(I)ccc2n1)CCOc1cccnc1F.Cl.Cl. The average molecular weight is 582 g/mol. The van der Waals surface area contributed by atoms with Gasteiger partial charge in [-0.3, -0.25) is 14.7 Å². The first-order chi connectivity index (χ1) is 14.1. The predicted octanol–water partition coefficient (Wildman–Crippen LogP) is 3.74. The summed E-state index contributed by atoms with van der Waals surface area (Å²) in [5, 5.41) is 2.86. The number of likely N-dealkylation sites (N-methyl/N-ethyl adjacent to an activating group) is 1. The number of amides is 1. The van der Waals surface area contributed by atoms with Crippen LogP contribution < -0.4 is 10.1 Å². The number of aromatic nitrogens is 3. The van der Waals surface area contributed by atoms with E-state index in [1.807, 2.05) is 25.1 Å². The van der Waals surface area contributed by atoms with E-state index in [9.17, 15) is 9.18 Å². The molecule has 0 saturated heterocycles. The lowest BCUT2D eigenvalue weighted by molar-refractivity contribution is 0.0942. The highest BCUT2D eigenvalue weighted by Crippen LogP contribution is 2.14. The Morgan fingerprint density at radius 1 is 1.19 bits per heavy atom. The molecule has 168 valence electrons. The average Bonchev–Trinajstić information content (AvgIpc) is 2.73. The van der Waals surface area contributed by atoms with Crippen molar-refractivity contribution in [2.45, 2.75) is 6.92 Å². The number of pyridine rings is 1. The van der Waals surface area contributed by atoms with Crippen LogP contribution in [-0.4, -0.2) is 58.5 Å². The summed E-state index contributed by atoms with van der Waals surface area (Å²) in [4.78, 5) is 26.7. The molecule has 0 unspecified atom stereocenters. The Hall–Kier alpha value is -1.82. The number of carbonyl (C=O) groups is 1. The van der Waals surface area contributed by atoms with E-state index in [4.69, 9.17) is 4.74 Å². The molecule has 2 heterocycles. The van der Waals surface area contributed by atoms with Crippen molar-refractivity contribution in [2.75, 3.05) is 32.8 Å². The number of nitrogens with zero attached hydrogens (tertiary/aromatic N) is 4. The van der Waals surface area contributed by atoms with Crippen LogP contribution >= 0.6 is 47.4 Å². The molecule has 1 aromatic carbocycles. The standard InChI is InChI=1S/C20H21FIN5O2.2ClH/c1-2-27(10-11-29-18-4-3-7-23-19(18)21)9-8-24-20(28)17-13-25-16-12-14(22)5-6-15(16)26-17;;/h3-7,12-13H,2,8-11H2,1H3,(H,24,28);2*1H. The van der Waals surface area contributed by atoms with Crippen molar-refractivity contribution < 1.29 is 13.9 Å². The maximum Gasteiger partial charge on any atom is 0.271 e. The lowest BCUT2D eigenvalue weighted by Crippen LogP contribution is -2.37. The van der Waals surface area contributed by atoms with Crippen LogP contribution in [0.15, 0.2) is 42.7 Å². The van der Waals surface area contributed by atoms with Gasteiger partial charge in [0.25, 0.3) is 11.9 Å². The van der Waals surface area contributed by atoms with Crippen LogP contribution in [0.2, 0.25) is 0 Å². The molecule has 1 N–H and O–H groups in total. The predicted molar refractivity (Wildman–Crippen MR) is 131 cm³/mol. The van der Waals surface area contributed by atoms with Gasteiger partial charge in [-0.05, 0) is 59.5 Å². The first kappa shape index (κ1) is 27.2. The fourth-order valence-corrected chi connectivity index (χ4v) is 3.18. The highest BCUT2D eigenvalue weighted by atomic mass is 127. The van der Waals surface area contributed by atoms with Gasteiger partial charge in [-0.25, -0.2) is 9.97 Å². The Morgan fingerprint density at radius 3 is 2.74 bits per heavy atom. The number of halogens is 4. The van der Waals surface area contributed by atoms with E-state index in [0.29, 0.717) is 31.8 Å². The van der Waals surface area contributed by atoms with Gasteiger partial charge >= 0.3 is 0 Å². The van der Waals surface area contributed by atoms with Gasteiger partial charge in [-0.1, -0.05) is 6.92 Å². The van der Waals surface area contributed by atoms with Gasteiger partial charge in [-0.15, -0.1) is 24.8 Å². The first-order valence-electron chi connectivity index (χ1n) is 9.23. The molecule has 3 aromatic rings. The summed E-state index contributed by atoms with van der Waals surface area (Å²) in [5.74, 6) is -0.738. The number of ether oxygens (including phenoxy) is 1. The molecule has 11 heteroatoms. The fraction of sp³-hybridized carbons (Fsp3) is 0.300. The molecule has 0 bridgehead atoms. The molecule has 0 aliphatic carbocycles. The van der Waals surface area contributed by atoms with Gasteiger partial charge in [0.1, 0.15) is 12.3 Å². The molecule has 31 heavy (non-hydrogen) atoms. The zero-order valence-corrected chi connectivity index (χ0v) is 20.5. The molecular weight excluding hydrogens is 559 g/mol. The van der Waals surface area contributed by atoms with Crippen LogP contribution in [0.3, 0.4) is 0 Å². The molecule has 0 saturated carbocycles. The van der Waals surface area contributed by atoms with E-state index in [2.05, 4.69) is 47.8 Å². The second-order valence-corrected chi connectivity index (χ2v) is 7.46. The summed E-state index contributed by atoms with van der Waals surface area (Å²) >= 11 is 2.21. The van der Waals surface area contributed by atoms with Crippen LogP contribution in [0.4, 0.5) is 4.39 Å². The van der Waals surface area contributed by atoms with Gasteiger partial charge in [0.15, 0.2) is 5.75 Å². The second kappa shape index (κ2) is 13.6. The van der Waals surface area contributed by atoms with Gasteiger partial charge < -0.3 is 10.1 Å². The van der Waals surface area contributed by atoms with Crippen molar-refractivity contribution in [3.05, 3.63) is 57.9 Å². The van der Waals surface area contributed by atoms with E-state index in [1.54, 1.807) is 12.1 Å². The summed E-state index contributed by atoms with van der Waals surface area (Å²) in [6, 6.07) is 8.87. The zero-order chi connectivity index (χ0) is 20.6. The Labute approximate surface area is 206 Å². The van der Waals surface area contributed by atoms with E-state index < -0.39 is 5.95 Å². The highest BCUT2D eigenvalue weighted by Gasteiger charge is 2.10. The van der Waals surface area contributed by atoms with E-state index in [-0.39, 0.29) is 42.2 Å². The van der Waals surface area contributed by atoms with E-state index >= 15 is 0 Å². The number of benzene rings is 1. The molecule has 0 atom stereocenters. The summed E-state index contributed by atoms with van der Waals surface area (Å²) in [5.41, 5.74) is 1.74. The van der Waals surface area contributed by atoms with Crippen molar-refractivity contribution in [3.63, 3.8) is 0 Å². The maximum absolute atomic E-state index is 13.5. The molecule has 0 aliphatic heterocycles. The summed E-state index contributed by atoms with van der Waals surface area (Å²) in [6.45, 7) is 4.83. The van der Waals surface area contributed by atoms with Crippen molar-refractivity contribution >= 4 is 64.3 Å². The fourth-order valence-electron chi connectivity index (χ4n) is 2.70. The zero-order valence-electron chi connectivity index (χ0n) is 16.8. The van der Waals surface area contributed by atoms with Gasteiger partial charge in [0.05, 0.1) is 17.2 Å². The molecule has 0 spiro atoms. The quantitative estimate of drug-likeness (QED) is 0.306. The van der Waals surface area contributed by atoms with Crippen molar-refractivity contribution in [3.8, 4) is 5.75 Å². The van der Waals surface area contributed by atoms with Gasteiger partial charge in [-0.2, -0.15) is 4.39 Å². The third kappa shape index (κ3) is 7.99. The van der Waals surface area contributed by atoms with Crippen molar-refractivity contribution in [2.24, 2.45) is 0 Å². The molecule has 3 rings (SSSR count). The normalized spacial score (nSPS) is 10.3. The molecular formula is C20H23Cl2FIN5O2. The number of hydrogen-bond acceptors (Lipinski definition) is 6. The van der Waals surface area contributed by atoms with E-state index in [0.717, 1.165) is 15.6 Å². The molecule has 2 aromatic heterocycles. The molecule has 0 radical (unpaired) electrons. The number of nitrogens with one attached hydrogen (secondary N) is 1. The monoisotopic (exact) mass is 581 g/mol. The maximum atomic E-state index is 13.5. The van der Waals surface area contributed by atoms with Crippen LogP contribution in [0.5, 0.6) is 5.75 Å². The Bertz CT molecular complexity index is 999. The third-order valence-electron chi connectivity index (χ3n) is 4.29. The summed E-state index contributed by atoms with van der Waals surface area (Å²) in [7, 11) is 0. The lowest BCUT2D eigenvalue weighted by atomic mass is 10.3. The second-order valence-electron chi connectivity index (χ2n) is 6.22. The largest absolute Gasteiger partial charge is 0.487 e. The van der Waals surface area contributed by atoms with Crippen LogP contribution in [-0.2, 0) is 0 Å². The first-order valence-corrected chi connectivity index (χ1v) is 10.3. The van der Waals surface area contributed by atoms with Crippen molar-refractivity contribution in [1.82, 2.24) is 25.2 Å². The minimum Gasteiger partial charge on any atom is -0.487 e. The van der Waals surface area contributed by atoms with Crippen LogP contribution in [0.1, 0.15) is 17.4 Å². The summed E-state index contributed by atoms with van der Waals surface area (Å²) < 4.78 is 20.0. The van der Waals surface area contributed by atoms with Gasteiger partial charge in [0.2, 0.25) is 0 Å². The number of hydrogen-bond donors (Lipinski definition) is 1. The topological polar surface area (TPSA) is 80.2 Å². The Morgan fingerprint density at radius 2 is 2.00 bits per heavy atom. The van der Waals surface area contributed by atoms with Crippen LogP contribution in [0, 0.1) is 9.52 Å². The van der Waals surface area contributed by atoms with Gasteiger partial charge in [0, 0.05) is 29.4 Å². The Balaban J connectivity index is 0.00000240. The van der Waals surface area contributed by atoms with Crippen molar-refractivity contribution in [1.29, 1.82) is 0 Å². The number of carbonyl (C=O) groups excluding carboxylic acids is 1. The van der Waals surface area contributed by atoms with E-state index in [1.165, 1.54) is 12.4 Å². The molecule has 0 aliphatic rings.